The predicted molar refractivity (Wildman–Crippen MR) is 82.3 cm³/mol. The van der Waals surface area contributed by atoms with Crippen molar-refractivity contribution in [2.45, 2.75) is 58.3 Å². The van der Waals surface area contributed by atoms with Crippen molar-refractivity contribution in [2.75, 3.05) is 25.3 Å². The molecule has 0 aliphatic heterocycles. The van der Waals surface area contributed by atoms with Crippen LogP contribution in [0.4, 0.5) is 0 Å². The maximum Gasteiger partial charge on any atom is 0.146 e. The van der Waals surface area contributed by atoms with Gasteiger partial charge in [0.2, 0.25) is 0 Å². The van der Waals surface area contributed by atoms with Gasteiger partial charge in [0.1, 0.15) is 6.79 Å². The smallest absolute Gasteiger partial charge is 0.146 e. The fourth-order valence-electron chi connectivity index (χ4n) is 1.52. The summed E-state index contributed by atoms with van der Waals surface area (Å²) in [5.41, 5.74) is 0. The number of halogens is 1. The lowest BCUT2D eigenvalue weighted by molar-refractivity contribution is -0.0528. The molecule has 0 amide bonds. The van der Waals surface area contributed by atoms with Crippen LogP contribution >= 0.6 is 15.9 Å². The first-order chi connectivity index (χ1) is 8.91. The Bertz CT molecular complexity index is 172. The minimum atomic E-state index is 0.445. The summed E-state index contributed by atoms with van der Waals surface area (Å²) in [5, 5.41) is 1.14. The van der Waals surface area contributed by atoms with Crippen molar-refractivity contribution in [2.24, 2.45) is 0 Å². The third-order valence-corrected chi connectivity index (χ3v) is 3.22. The summed E-state index contributed by atoms with van der Waals surface area (Å²) in [6.45, 7) is 4.20. The summed E-state index contributed by atoms with van der Waals surface area (Å²) in [7, 11) is 0. The monoisotopic (exact) mass is 320 g/mol. The van der Waals surface area contributed by atoms with E-state index in [-0.39, 0.29) is 0 Å². The highest BCUT2D eigenvalue weighted by atomic mass is 79.9. The minimum absolute atomic E-state index is 0.445. The van der Waals surface area contributed by atoms with Crippen LogP contribution in [0, 0.1) is 0 Å². The highest BCUT2D eigenvalue weighted by molar-refractivity contribution is 9.09. The number of allylic oxidation sites excluding steroid dienone is 1. The van der Waals surface area contributed by atoms with Gasteiger partial charge in [0.25, 0.3) is 0 Å². The molecule has 0 aromatic carbocycles. The molecule has 3 heteroatoms. The highest BCUT2D eigenvalue weighted by Gasteiger charge is 1.88. The van der Waals surface area contributed by atoms with Crippen LogP contribution < -0.4 is 0 Å². The number of rotatable bonds is 14. The molecular formula is C15H29BrO2. The molecular weight excluding hydrogens is 292 g/mol. The Morgan fingerprint density at radius 2 is 1.56 bits per heavy atom. The van der Waals surface area contributed by atoms with E-state index in [2.05, 4.69) is 35.0 Å². The van der Waals surface area contributed by atoms with E-state index < -0.39 is 0 Å². The van der Waals surface area contributed by atoms with Gasteiger partial charge in [0.05, 0.1) is 6.61 Å². The van der Waals surface area contributed by atoms with Gasteiger partial charge in [-0.05, 0) is 32.1 Å². The van der Waals surface area contributed by atoms with Crippen LogP contribution in [0.25, 0.3) is 0 Å². The van der Waals surface area contributed by atoms with Gasteiger partial charge in [0.15, 0.2) is 0 Å². The summed E-state index contributed by atoms with van der Waals surface area (Å²) in [6.07, 6.45) is 14.3. The van der Waals surface area contributed by atoms with E-state index in [1.54, 1.807) is 0 Å². The highest BCUT2D eigenvalue weighted by Crippen LogP contribution is 2.05. The van der Waals surface area contributed by atoms with E-state index in [1.807, 2.05) is 0 Å². The zero-order valence-corrected chi connectivity index (χ0v) is 13.4. The maximum absolute atomic E-state index is 5.36. The standard InChI is InChI=1S/C15H29BrO2/c1-2-3-13-17-15-18-14-11-9-7-5-4-6-8-10-12-16/h7,9H,2-6,8,10-15H2,1H3. The van der Waals surface area contributed by atoms with Crippen LogP contribution in [-0.2, 0) is 9.47 Å². The van der Waals surface area contributed by atoms with Crippen molar-refractivity contribution in [3.05, 3.63) is 12.2 Å². The number of alkyl halides is 1. The van der Waals surface area contributed by atoms with Crippen molar-refractivity contribution >= 4 is 15.9 Å². The molecule has 2 nitrogen and oxygen atoms in total. The molecule has 0 aromatic heterocycles. The van der Waals surface area contributed by atoms with Crippen LogP contribution in [-0.4, -0.2) is 25.3 Å². The van der Waals surface area contributed by atoms with Crippen LogP contribution in [0.3, 0.4) is 0 Å². The van der Waals surface area contributed by atoms with E-state index in [0.29, 0.717) is 6.79 Å². The molecule has 0 unspecified atom stereocenters. The SMILES string of the molecule is CCCCOCOCCC=CCCCCCCBr. The molecule has 0 saturated heterocycles. The number of hydrogen-bond donors (Lipinski definition) is 0. The number of ether oxygens (including phenoxy) is 2. The molecule has 0 aliphatic carbocycles. The fourth-order valence-corrected chi connectivity index (χ4v) is 1.92. The van der Waals surface area contributed by atoms with E-state index in [1.165, 1.54) is 38.5 Å². The maximum atomic E-state index is 5.36. The van der Waals surface area contributed by atoms with Crippen LogP contribution in [0.5, 0.6) is 0 Å². The number of unbranched alkanes of at least 4 members (excludes halogenated alkanes) is 5. The van der Waals surface area contributed by atoms with Gasteiger partial charge in [-0.15, -0.1) is 0 Å². The Morgan fingerprint density at radius 3 is 2.33 bits per heavy atom. The van der Waals surface area contributed by atoms with Crippen molar-refractivity contribution in [3.8, 4) is 0 Å². The Labute approximate surface area is 121 Å². The molecule has 0 saturated carbocycles. The molecule has 0 aromatic rings. The van der Waals surface area contributed by atoms with Gasteiger partial charge >= 0.3 is 0 Å². The molecule has 18 heavy (non-hydrogen) atoms. The van der Waals surface area contributed by atoms with Crippen LogP contribution in [0.2, 0.25) is 0 Å². The Hall–Kier alpha value is 0.140. The summed E-state index contributed by atoms with van der Waals surface area (Å²) in [4.78, 5) is 0. The summed E-state index contributed by atoms with van der Waals surface area (Å²) in [5.74, 6) is 0. The minimum Gasteiger partial charge on any atom is -0.355 e. The normalized spacial score (nSPS) is 11.4. The van der Waals surface area contributed by atoms with E-state index in [9.17, 15) is 0 Å². The molecule has 0 bridgehead atoms. The van der Waals surface area contributed by atoms with E-state index in [0.717, 1.165) is 31.4 Å². The molecule has 0 fully saturated rings. The quantitative estimate of drug-likeness (QED) is 0.192. The molecule has 0 spiro atoms. The van der Waals surface area contributed by atoms with Crippen molar-refractivity contribution < 1.29 is 9.47 Å². The Morgan fingerprint density at radius 1 is 0.833 bits per heavy atom. The molecule has 0 aliphatic rings. The second-order valence-corrected chi connectivity index (χ2v) is 5.23. The second kappa shape index (κ2) is 17.1. The largest absolute Gasteiger partial charge is 0.355 e. The summed E-state index contributed by atoms with van der Waals surface area (Å²) in [6, 6.07) is 0. The van der Waals surface area contributed by atoms with E-state index in [4.69, 9.17) is 9.47 Å². The molecule has 0 radical (unpaired) electrons. The zero-order valence-electron chi connectivity index (χ0n) is 11.8. The molecule has 0 heterocycles. The third kappa shape index (κ3) is 16.1. The first kappa shape index (κ1) is 18.1. The van der Waals surface area contributed by atoms with Gasteiger partial charge in [-0.1, -0.05) is 54.3 Å². The van der Waals surface area contributed by atoms with E-state index >= 15 is 0 Å². The molecule has 0 rings (SSSR count). The topological polar surface area (TPSA) is 18.5 Å². The first-order valence-electron chi connectivity index (χ1n) is 7.28. The second-order valence-electron chi connectivity index (χ2n) is 4.44. The van der Waals surface area contributed by atoms with Crippen molar-refractivity contribution in [1.29, 1.82) is 0 Å². The first-order valence-corrected chi connectivity index (χ1v) is 8.40. The fraction of sp³-hybridized carbons (Fsp3) is 0.867. The van der Waals surface area contributed by atoms with Gasteiger partial charge in [-0.3, -0.25) is 0 Å². The molecule has 0 N–H and O–H groups in total. The molecule has 108 valence electrons. The predicted octanol–water partition coefficient (Wildman–Crippen LogP) is 5.07. The Balaban J connectivity index is 3.00. The third-order valence-electron chi connectivity index (χ3n) is 2.66. The van der Waals surface area contributed by atoms with Crippen LogP contribution in [0.1, 0.15) is 58.3 Å². The van der Waals surface area contributed by atoms with Gasteiger partial charge in [-0.25, -0.2) is 0 Å². The lowest BCUT2D eigenvalue weighted by atomic mass is 10.1. The Kier molecular flexibility index (Phi) is 17.3. The number of hydrogen-bond acceptors (Lipinski definition) is 2. The van der Waals surface area contributed by atoms with Crippen LogP contribution in [0.15, 0.2) is 12.2 Å². The summed E-state index contributed by atoms with van der Waals surface area (Å²) >= 11 is 3.45. The lowest BCUT2D eigenvalue weighted by Gasteiger charge is -2.03. The average molecular weight is 321 g/mol. The summed E-state index contributed by atoms with van der Waals surface area (Å²) < 4.78 is 10.7. The van der Waals surface area contributed by atoms with Crippen molar-refractivity contribution in [3.63, 3.8) is 0 Å². The van der Waals surface area contributed by atoms with Crippen molar-refractivity contribution in [1.82, 2.24) is 0 Å². The molecule has 0 atom stereocenters. The van der Waals surface area contributed by atoms with Gasteiger partial charge in [-0.2, -0.15) is 0 Å². The lowest BCUT2D eigenvalue weighted by Crippen LogP contribution is -2.02. The zero-order chi connectivity index (χ0) is 13.3. The van der Waals surface area contributed by atoms with Gasteiger partial charge < -0.3 is 9.47 Å². The van der Waals surface area contributed by atoms with Gasteiger partial charge in [0, 0.05) is 11.9 Å². The average Bonchev–Trinajstić information content (AvgIpc) is 2.39.